The second-order valence-electron chi connectivity index (χ2n) is 7.43. The lowest BCUT2D eigenvalue weighted by Crippen LogP contribution is -2.38. The van der Waals surface area contributed by atoms with E-state index >= 15 is 0 Å². The maximum Gasteiger partial charge on any atom is 0.309 e. The summed E-state index contributed by atoms with van der Waals surface area (Å²) in [7, 11) is 0. The highest BCUT2D eigenvalue weighted by atomic mass is 16.5. The summed E-state index contributed by atoms with van der Waals surface area (Å²) in [6.45, 7) is 7.41. The van der Waals surface area contributed by atoms with Crippen LogP contribution in [0.25, 0.3) is 0 Å². The van der Waals surface area contributed by atoms with Gasteiger partial charge in [-0.1, -0.05) is 46.0 Å². The van der Waals surface area contributed by atoms with Crippen LogP contribution in [0.2, 0.25) is 0 Å². The molecule has 138 valence electrons. The summed E-state index contributed by atoms with van der Waals surface area (Å²) in [5, 5.41) is 0. The molecule has 2 aliphatic carbocycles. The van der Waals surface area contributed by atoms with E-state index in [0.717, 1.165) is 58.2 Å². The van der Waals surface area contributed by atoms with Gasteiger partial charge >= 0.3 is 5.97 Å². The molecule has 2 rings (SSSR count). The third-order valence-electron chi connectivity index (χ3n) is 5.99. The van der Waals surface area contributed by atoms with Gasteiger partial charge < -0.3 is 9.64 Å². The minimum Gasteiger partial charge on any atom is -0.464 e. The molecule has 2 fully saturated rings. The van der Waals surface area contributed by atoms with Crippen molar-refractivity contribution in [2.45, 2.75) is 71.6 Å². The highest BCUT2D eigenvalue weighted by molar-refractivity contribution is 5.88. The topological polar surface area (TPSA) is 46.6 Å². The Labute approximate surface area is 147 Å². The van der Waals surface area contributed by atoms with Gasteiger partial charge in [-0.25, -0.2) is 0 Å². The Kier molecular flexibility index (Phi) is 8.23. The zero-order valence-electron chi connectivity index (χ0n) is 15.6. The molecular weight excluding hydrogens is 302 g/mol. The number of rotatable bonds is 8. The molecule has 0 heterocycles. The van der Waals surface area contributed by atoms with Crippen LogP contribution in [0, 0.1) is 17.8 Å². The number of carbonyl (C=O) groups excluding carboxylic acids is 2. The lowest BCUT2D eigenvalue weighted by molar-refractivity contribution is -0.155. The average Bonchev–Trinajstić information content (AvgIpc) is 2.65. The normalized spacial score (nSPS) is 25.6. The number of ether oxygens (including phenoxy) is 1. The molecule has 2 saturated carbocycles. The molecule has 0 aromatic rings. The Morgan fingerprint density at radius 2 is 1.46 bits per heavy atom. The summed E-state index contributed by atoms with van der Waals surface area (Å²) in [5.74, 6) is 0.164. The number of hydrogen-bond acceptors (Lipinski definition) is 4. The number of Topliss-reactive ketones (excluding diaryl/α,β-unsaturated/α-hetero) is 1. The third kappa shape index (κ3) is 5.30. The summed E-state index contributed by atoms with van der Waals surface area (Å²) < 4.78 is 5.55. The first kappa shape index (κ1) is 19.4. The van der Waals surface area contributed by atoms with Crippen molar-refractivity contribution in [2.24, 2.45) is 17.8 Å². The lowest BCUT2D eigenvalue weighted by atomic mass is 9.71. The molecule has 0 spiro atoms. The molecule has 0 aromatic heterocycles. The fraction of sp³-hybridized carbons (Fsp3) is 0.900. The quantitative estimate of drug-likeness (QED) is 0.632. The molecule has 0 aromatic carbocycles. The van der Waals surface area contributed by atoms with Crippen molar-refractivity contribution in [3.63, 3.8) is 0 Å². The summed E-state index contributed by atoms with van der Waals surface area (Å²) in [5.41, 5.74) is 0. The number of ketones is 1. The number of carbonyl (C=O) groups is 2. The second-order valence-corrected chi connectivity index (χ2v) is 7.43. The molecule has 0 radical (unpaired) electrons. The van der Waals surface area contributed by atoms with Gasteiger partial charge in [0.2, 0.25) is 0 Å². The maximum atomic E-state index is 12.9. The van der Waals surface area contributed by atoms with E-state index in [-0.39, 0.29) is 23.7 Å². The van der Waals surface area contributed by atoms with E-state index in [1.807, 2.05) is 0 Å². The first-order valence-electron chi connectivity index (χ1n) is 10.1. The Morgan fingerprint density at radius 1 is 0.875 bits per heavy atom. The molecule has 4 nitrogen and oxygen atoms in total. The van der Waals surface area contributed by atoms with Gasteiger partial charge in [-0.3, -0.25) is 9.59 Å². The fourth-order valence-corrected chi connectivity index (χ4v) is 4.37. The van der Waals surface area contributed by atoms with Gasteiger partial charge in [0.15, 0.2) is 0 Å². The van der Waals surface area contributed by atoms with Crippen LogP contribution in [0.5, 0.6) is 0 Å². The Bertz CT molecular complexity index is 400. The number of nitrogens with zero attached hydrogens (tertiary/aromatic N) is 1. The van der Waals surface area contributed by atoms with Crippen molar-refractivity contribution < 1.29 is 14.3 Å². The predicted molar refractivity (Wildman–Crippen MR) is 95.8 cm³/mol. The first-order chi connectivity index (χ1) is 11.7. The summed E-state index contributed by atoms with van der Waals surface area (Å²) in [6, 6.07) is 0. The predicted octanol–water partition coefficient (Wildman–Crippen LogP) is 3.83. The number of likely N-dealkylation sites (N-methyl/N-ethyl adjacent to an activating group) is 1. The summed E-state index contributed by atoms with van der Waals surface area (Å²) >= 11 is 0. The maximum absolute atomic E-state index is 12.9. The standard InChI is InChI=1S/C20H35NO3/c1-3-21(4-2)14-15-24-20(23)18-13-9-8-12-17(18)19(22)16-10-6-5-7-11-16/h16-18H,3-15H2,1-2H3/t17-,18-/m1/s1. The number of hydrogen-bond donors (Lipinski definition) is 0. The Balaban J connectivity index is 1.87. The van der Waals surface area contributed by atoms with Crippen LogP contribution in [-0.2, 0) is 14.3 Å². The Morgan fingerprint density at radius 3 is 2.08 bits per heavy atom. The van der Waals surface area contributed by atoms with Crippen LogP contribution in [0.1, 0.15) is 71.6 Å². The highest BCUT2D eigenvalue weighted by Gasteiger charge is 2.39. The van der Waals surface area contributed by atoms with Gasteiger partial charge in [0.05, 0.1) is 5.92 Å². The first-order valence-corrected chi connectivity index (χ1v) is 10.1. The van der Waals surface area contributed by atoms with Gasteiger partial charge in [-0.15, -0.1) is 0 Å². The van der Waals surface area contributed by atoms with Crippen LogP contribution in [0.4, 0.5) is 0 Å². The van der Waals surface area contributed by atoms with Gasteiger partial charge in [-0.05, 0) is 38.8 Å². The molecule has 0 bridgehead atoms. The zero-order valence-corrected chi connectivity index (χ0v) is 15.6. The molecule has 0 amide bonds. The van der Waals surface area contributed by atoms with Crippen LogP contribution < -0.4 is 0 Å². The smallest absolute Gasteiger partial charge is 0.309 e. The minimum absolute atomic E-state index is 0.0807. The molecule has 2 aliphatic rings. The number of esters is 1. The largest absolute Gasteiger partial charge is 0.464 e. The van der Waals surface area contributed by atoms with E-state index < -0.39 is 0 Å². The molecule has 0 aliphatic heterocycles. The van der Waals surface area contributed by atoms with Gasteiger partial charge in [0.1, 0.15) is 12.4 Å². The van der Waals surface area contributed by atoms with Crippen LogP contribution in [0.15, 0.2) is 0 Å². The lowest BCUT2D eigenvalue weighted by Gasteiger charge is -2.32. The monoisotopic (exact) mass is 337 g/mol. The fourth-order valence-electron chi connectivity index (χ4n) is 4.37. The molecule has 0 N–H and O–H groups in total. The van der Waals surface area contributed by atoms with Crippen LogP contribution in [0.3, 0.4) is 0 Å². The van der Waals surface area contributed by atoms with Crippen molar-refractivity contribution >= 4 is 11.8 Å². The van der Waals surface area contributed by atoms with Gasteiger partial charge in [0, 0.05) is 18.4 Å². The van der Waals surface area contributed by atoms with E-state index in [4.69, 9.17) is 4.74 Å². The molecule has 0 unspecified atom stereocenters. The molecule has 4 heteroatoms. The molecule has 0 saturated heterocycles. The van der Waals surface area contributed by atoms with E-state index in [9.17, 15) is 9.59 Å². The van der Waals surface area contributed by atoms with E-state index in [2.05, 4.69) is 18.7 Å². The van der Waals surface area contributed by atoms with Crippen LogP contribution >= 0.6 is 0 Å². The molecule has 2 atom stereocenters. The van der Waals surface area contributed by atoms with Gasteiger partial charge in [0.25, 0.3) is 0 Å². The van der Waals surface area contributed by atoms with Gasteiger partial charge in [-0.2, -0.15) is 0 Å². The van der Waals surface area contributed by atoms with Crippen LogP contribution in [-0.4, -0.2) is 42.9 Å². The molecular formula is C20H35NO3. The van der Waals surface area contributed by atoms with E-state index in [1.54, 1.807) is 0 Å². The summed E-state index contributed by atoms with van der Waals surface area (Å²) in [6.07, 6.45) is 9.47. The van der Waals surface area contributed by atoms with E-state index in [0.29, 0.717) is 12.4 Å². The summed E-state index contributed by atoms with van der Waals surface area (Å²) in [4.78, 5) is 27.7. The van der Waals surface area contributed by atoms with Crippen molar-refractivity contribution in [2.75, 3.05) is 26.2 Å². The molecule has 24 heavy (non-hydrogen) atoms. The average molecular weight is 338 g/mol. The minimum atomic E-state index is -0.190. The highest BCUT2D eigenvalue weighted by Crippen LogP contribution is 2.36. The van der Waals surface area contributed by atoms with Crippen molar-refractivity contribution in [1.29, 1.82) is 0 Å². The van der Waals surface area contributed by atoms with Crippen molar-refractivity contribution in [3.05, 3.63) is 0 Å². The SMILES string of the molecule is CCN(CC)CCOC(=O)[C@@H]1CCCC[C@H]1C(=O)C1CCCCC1. The second kappa shape index (κ2) is 10.2. The zero-order chi connectivity index (χ0) is 17.4. The van der Waals surface area contributed by atoms with E-state index in [1.165, 1.54) is 19.3 Å². The van der Waals surface area contributed by atoms with Crippen molar-refractivity contribution in [1.82, 2.24) is 4.90 Å². The van der Waals surface area contributed by atoms with Crippen molar-refractivity contribution in [3.8, 4) is 0 Å². The Hall–Kier alpha value is -0.900. The third-order valence-corrected chi connectivity index (χ3v) is 5.99.